The Balaban J connectivity index is 2.86. The molecule has 0 atom stereocenters. The molecule has 0 fully saturated rings. The number of pyridine rings is 1. The molecule has 0 amide bonds. The number of esters is 1. The van der Waals surface area contributed by atoms with E-state index in [0.717, 1.165) is 0 Å². The lowest BCUT2D eigenvalue weighted by Gasteiger charge is -2.00. The first-order chi connectivity index (χ1) is 5.20. The Morgan fingerprint density at radius 3 is 3.00 bits per heavy atom. The predicted octanol–water partition coefficient (Wildman–Crippen LogP) is 1.77. The molecular weight excluding hydrogens is 210 g/mol. The fraction of sp³-hybridized carbons (Fsp3) is 0.143. The van der Waals surface area contributed by atoms with E-state index in [2.05, 4.69) is 20.9 Å². The third-order valence-electron chi connectivity index (χ3n) is 0.979. The number of carbonyl (C=O) groups excluding carboxylic acids is 1. The second-order valence-electron chi connectivity index (χ2n) is 1.89. The molecule has 11 heavy (non-hydrogen) atoms. The van der Waals surface area contributed by atoms with Gasteiger partial charge >= 0.3 is 5.97 Å². The van der Waals surface area contributed by atoms with Crippen LogP contribution in [-0.2, 0) is 4.79 Å². The largest absolute Gasteiger partial charge is 0.424 e. The van der Waals surface area contributed by atoms with Gasteiger partial charge in [0, 0.05) is 13.1 Å². The van der Waals surface area contributed by atoms with Crippen LogP contribution in [0.25, 0.3) is 0 Å². The zero-order valence-corrected chi connectivity index (χ0v) is 7.46. The van der Waals surface area contributed by atoms with Crippen LogP contribution in [0, 0.1) is 0 Å². The van der Waals surface area contributed by atoms with Crippen LogP contribution < -0.4 is 4.74 Å². The van der Waals surface area contributed by atoms with Gasteiger partial charge in [0.1, 0.15) is 4.60 Å². The molecule has 1 aromatic rings. The molecule has 0 aromatic carbocycles. The third kappa shape index (κ3) is 2.31. The van der Waals surface area contributed by atoms with Gasteiger partial charge in [0.2, 0.25) is 0 Å². The number of carbonyl (C=O) groups is 1. The molecule has 0 aliphatic heterocycles. The Hall–Kier alpha value is -0.900. The van der Waals surface area contributed by atoms with Gasteiger partial charge in [-0.3, -0.25) is 4.79 Å². The third-order valence-corrected chi connectivity index (χ3v) is 1.57. The van der Waals surface area contributed by atoms with Crippen molar-refractivity contribution < 1.29 is 9.53 Å². The van der Waals surface area contributed by atoms with E-state index in [-0.39, 0.29) is 5.97 Å². The molecule has 0 saturated carbocycles. The SMILES string of the molecule is CC(=O)Oc1cccnc1Br. The van der Waals surface area contributed by atoms with Gasteiger partial charge in [-0.05, 0) is 28.1 Å². The zero-order chi connectivity index (χ0) is 8.27. The molecule has 0 bridgehead atoms. The van der Waals surface area contributed by atoms with Gasteiger partial charge < -0.3 is 4.74 Å². The lowest BCUT2D eigenvalue weighted by Crippen LogP contribution is -2.02. The minimum absolute atomic E-state index is 0.348. The molecule has 0 N–H and O–H groups in total. The highest BCUT2D eigenvalue weighted by Gasteiger charge is 2.01. The number of rotatable bonds is 1. The fourth-order valence-corrected chi connectivity index (χ4v) is 0.934. The maximum atomic E-state index is 10.5. The van der Waals surface area contributed by atoms with E-state index in [9.17, 15) is 4.79 Å². The Morgan fingerprint density at radius 1 is 1.73 bits per heavy atom. The first kappa shape index (κ1) is 8.20. The van der Waals surface area contributed by atoms with E-state index in [1.54, 1.807) is 18.3 Å². The molecule has 0 radical (unpaired) electrons. The van der Waals surface area contributed by atoms with Gasteiger partial charge in [0.25, 0.3) is 0 Å². The van der Waals surface area contributed by atoms with Crippen LogP contribution >= 0.6 is 15.9 Å². The Bertz CT molecular complexity index is 275. The lowest BCUT2D eigenvalue weighted by atomic mass is 10.5. The maximum Gasteiger partial charge on any atom is 0.308 e. The van der Waals surface area contributed by atoms with Crippen molar-refractivity contribution >= 4 is 21.9 Å². The summed E-state index contributed by atoms with van der Waals surface area (Å²) in [5, 5.41) is 0. The molecular formula is C7H6BrNO2. The number of nitrogens with zero attached hydrogens (tertiary/aromatic N) is 1. The first-order valence-electron chi connectivity index (χ1n) is 2.99. The number of hydrogen-bond acceptors (Lipinski definition) is 3. The van der Waals surface area contributed by atoms with Crippen molar-refractivity contribution in [2.75, 3.05) is 0 Å². The summed E-state index contributed by atoms with van der Waals surface area (Å²) in [6.45, 7) is 1.35. The summed E-state index contributed by atoms with van der Waals surface area (Å²) < 4.78 is 5.33. The van der Waals surface area contributed by atoms with Crippen LogP contribution in [0.5, 0.6) is 5.75 Å². The van der Waals surface area contributed by atoms with Gasteiger partial charge in [-0.15, -0.1) is 0 Å². The van der Waals surface area contributed by atoms with Crippen molar-refractivity contribution in [3.8, 4) is 5.75 Å². The topological polar surface area (TPSA) is 39.2 Å². The van der Waals surface area contributed by atoms with Crippen LogP contribution in [-0.4, -0.2) is 11.0 Å². The van der Waals surface area contributed by atoms with E-state index in [1.165, 1.54) is 6.92 Å². The molecule has 0 unspecified atom stereocenters. The van der Waals surface area contributed by atoms with Crippen LogP contribution in [0.2, 0.25) is 0 Å². The minimum Gasteiger partial charge on any atom is -0.424 e. The number of aromatic nitrogens is 1. The highest BCUT2D eigenvalue weighted by atomic mass is 79.9. The Morgan fingerprint density at radius 2 is 2.45 bits per heavy atom. The van der Waals surface area contributed by atoms with Crippen LogP contribution in [0.1, 0.15) is 6.92 Å². The highest BCUT2D eigenvalue weighted by molar-refractivity contribution is 9.10. The van der Waals surface area contributed by atoms with Crippen LogP contribution in [0.4, 0.5) is 0 Å². The van der Waals surface area contributed by atoms with E-state index in [1.807, 2.05) is 0 Å². The predicted molar refractivity (Wildman–Crippen MR) is 43.2 cm³/mol. The summed E-state index contributed by atoms with van der Waals surface area (Å²) >= 11 is 3.14. The van der Waals surface area contributed by atoms with Crippen molar-refractivity contribution in [2.45, 2.75) is 6.92 Å². The van der Waals surface area contributed by atoms with Crippen LogP contribution in [0.3, 0.4) is 0 Å². The van der Waals surface area contributed by atoms with E-state index in [4.69, 9.17) is 4.74 Å². The Kier molecular flexibility index (Phi) is 2.59. The smallest absolute Gasteiger partial charge is 0.308 e. The number of hydrogen-bond donors (Lipinski definition) is 0. The molecule has 0 aliphatic carbocycles. The molecule has 0 saturated heterocycles. The first-order valence-corrected chi connectivity index (χ1v) is 3.78. The molecule has 0 spiro atoms. The summed E-state index contributed by atoms with van der Waals surface area (Å²) in [7, 11) is 0. The lowest BCUT2D eigenvalue weighted by molar-refractivity contribution is -0.131. The molecule has 1 rings (SSSR count). The second-order valence-corrected chi connectivity index (χ2v) is 2.64. The summed E-state index contributed by atoms with van der Waals surface area (Å²) in [5.41, 5.74) is 0. The van der Waals surface area contributed by atoms with Gasteiger partial charge in [-0.25, -0.2) is 4.98 Å². The maximum absolute atomic E-state index is 10.5. The average molecular weight is 216 g/mol. The summed E-state index contributed by atoms with van der Waals surface area (Å²) in [6.07, 6.45) is 1.61. The summed E-state index contributed by atoms with van der Waals surface area (Å²) in [6, 6.07) is 3.36. The van der Waals surface area contributed by atoms with Gasteiger partial charge in [-0.1, -0.05) is 0 Å². The van der Waals surface area contributed by atoms with Crippen molar-refractivity contribution in [2.24, 2.45) is 0 Å². The number of halogens is 1. The van der Waals surface area contributed by atoms with Crippen molar-refractivity contribution in [3.63, 3.8) is 0 Å². The van der Waals surface area contributed by atoms with E-state index in [0.29, 0.717) is 10.4 Å². The van der Waals surface area contributed by atoms with Crippen molar-refractivity contribution in [1.82, 2.24) is 4.98 Å². The molecule has 1 heterocycles. The van der Waals surface area contributed by atoms with E-state index < -0.39 is 0 Å². The van der Waals surface area contributed by atoms with E-state index >= 15 is 0 Å². The monoisotopic (exact) mass is 215 g/mol. The quantitative estimate of drug-likeness (QED) is 0.530. The zero-order valence-electron chi connectivity index (χ0n) is 5.87. The molecule has 0 aliphatic rings. The van der Waals surface area contributed by atoms with Gasteiger partial charge in [0.05, 0.1) is 0 Å². The Labute approximate surface area is 72.5 Å². The second kappa shape index (κ2) is 3.48. The molecule has 4 heteroatoms. The summed E-state index contributed by atoms with van der Waals surface area (Å²) in [5.74, 6) is 0.0960. The number of ether oxygens (including phenoxy) is 1. The van der Waals surface area contributed by atoms with Crippen LogP contribution in [0.15, 0.2) is 22.9 Å². The fourth-order valence-electron chi connectivity index (χ4n) is 0.602. The van der Waals surface area contributed by atoms with Gasteiger partial charge in [0.15, 0.2) is 5.75 Å². The minimum atomic E-state index is -0.348. The van der Waals surface area contributed by atoms with Crippen molar-refractivity contribution in [3.05, 3.63) is 22.9 Å². The normalized spacial score (nSPS) is 9.27. The molecule has 58 valence electrons. The average Bonchev–Trinajstić information content (AvgIpc) is 1.93. The molecule has 1 aromatic heterocycles. The molecule has 3 nitrogen and oxygen atoms in total. The highest BCUT2D eigenvalue weighted by Crippen LogP contribution is 2.20. The van der Waals surface area contributed by atoms with Gasteiger partial charge in [-0.2, -0.15) is 0 Å². The standard InChI is InChI=1S/C7H6BrNO2/c1-5(10)11-6-3-2-4-9-7(6)8/h2-4H,1H3. The summed E-state index contributed by atoms with van der Waals surface area (Å²) in [4.78, 5) is 14.4. The van der Waals surface area contributed by atoms with Crippen molar-refractivity contribution in [1.29, 1.82) is 0 Å².